The van der Waals surface area contributed by atoms with Gasteiger partial charge < -0.3 is 5.21 Å². The van der Waals surface area contributed by atoms with Crippen molar-refractivity contribution in [3.63, 3.8) is 0 Å². The van der Waals surface area contributed by atoms with E-state index in [-0.39, 0.29) is 11.1 Å². The molecular formula is C12H14F2N2O. The first-order valence-electron chi connectivity index (χ1n) is 5.59. The van der Waals surface area contributed by atoms with E-state index in [1.807, 2.05) is 0 Å². The van der Waals surface area contributed by atoms with Gasteiger partial charge in [-0.05, 0) is 38.1 Å². The van der Waals surface area contributed by atoms with Gasteiger partial charge in [-0.3, -0.25) is 4.90 Å². The van der Waals surface area contributed by atoms with Crippen molar-refractivity contribution in [3.8, 4) is 0 Å². The van der Waals surface area contributed by atoms with Crippen LogP contribution in [0.1, 0.15) is 24.0 Å². The van der Waals surface area contributed by atoms with Gasteiger partial charge >= 0.3 is 0 Å². The van der Waals surface area contributed by atoms with Crippen LogP contribution in [0.4, 0.5) is 8.78 Å². The molecule has 1 aromatic rings. The van der Waals surface area contributed by atoms with Gasteiger partial charge in [0, 0.05) is 17.7 Å². The fourth-order valence-electron chi connectivity index (χ4n) is 2.13. The van der Waals surface area contributed by atoms with Crippen LogP contribution < -0.4 is 0 Å². The number of rotatable bonds is 3. The molecule has 5 heteroatoms. The average molecular weight is 240 g/mol. The van der Waals surface area contributed by atoms with E-state index < -0.39 is 11.6 Å². The SMILES string of the molecule is ON=Cc1c(F)ccc(F)c1CN1CCCC1. The molecule has 3 nitrogen and oxygen atoms in total. The van der Waals surface area contributed by atoms with Gasteiger partial charge in [0.1, 0.15) is 11.6 Å². The summed E-state index contributed by atoms with van der Waals surface area (Å²) in [5, 5.41) is 11.3. The Morgan fingerprint density at radius 3 is 2.53 bits per heavy atom. The highest BCUT2D eigenvalue weighted by molar-refractivity contribution is 5.81. The Bertz CT molecular complexity index is 429. The second kappa shape index (κ2) is 5.23. The molecule has 1 N–H and O–H groups in total. The largest absolute Gasteiger partial charge is 0.411 e. The monoisotopic (exact) mass is 240 g/mol. The molecule has 0 saturated carbocycles. The van der Waals surface area contributed by atoms with Gasteiger partial charge in [0.05, 0.1) is 6.21 Å². The molecule has 1 heterocycles. The zero-order chi connectivity index (χ0) is 12.3. The van der Waals surface area contributed by atoms with Gasteiger partial charge in [-0.2, -0.15) is 0 Å². The van der Waals surface area contributed by atoms with Crippen LogP contribution >= 0.6 is 0 Å². The van der Waals surface area contributed by atoms with Crippen molar-refractivity contribution in [1.82, 2.24) is 4.90 Å². The maximum atomic E-state index is 13.7. The first-order chi connectivity index (χ1) is 8.22. The summed E-state index contributed by atoms with van der Waals surface area (Å²) >= 11 is 0. The normalized spacial score (nSPS) is 17.1. The van der Waals surface area contributed by atoms with Crippen molar-refractivity contribution in [2.75, 3.05) is 13.1 Å². The van der Waals surface area contributed by atoms with Crippen LogP contribution in [-0.2, 0) is 6.54 Å². The maximum Gasteiger partial charge on any atom is 0.132 e. The highest BCUT2D eigenvalue weighted by atomic mass is 19.1. The molecule has 0 aromatic heterocycles. The molecule has 1 fully saturated rings. The van der Waals surface area contributed by atoms with Crippen LogP contribution in [0.25, 0.3) is 0 Å². The maximum absolute atomic E-state index is 13.7. The Morgan fingerprint density at radius 1 is 1.24 bits per heavy atom. The minimum atomic E-state index is -0.571. The van der Waals surface area contributed by atoms with Crippen molar-refractivity contribution in [2.45, 2.75) is 19.4 Å². The van der Waals surface area contributed by atoms with Gasteiger partial charge in [-0.25, -0.2) is 8.78 Å². The Labute approximate surface area is 98.3 Å². The molecule has 0 unspecified atom stereocenters. The lowest BCUT2D eigenvalue weighted by molar-refractivity contribution is 0.319. The molecule has 92 valence electrons. The van der Waals surface area contributed by atoms with E-state index in [0.717, 1.165) is 44.3 Å². The van der Waals surface area contributed by atoms with Crippen LogP contribution in [0.3, 0.4) is 0 Å². The molecule has 0 radical (unpaired) electrons. The molecule has 1 saturated heterocycles. The molecule has 1 aliphatic heterocycles. The van der Waals surface area contributed by atoms with Gasteiger partial charge in [-0.1, -0.05) is 5.16 Å². The second-order valence-corrected chi connectivity index (χ2v) is 4.15. The summed E-state index contributed by atoms with van der Waals surface area (Å²) < 4.78 is 27.2. The Kier molecular flexibility index (Phi) is 3.68. The Hall–Kier alpha value is -1.49. The summed E-state index contributed by atoms with van der Waals surface area (Å²) in [7, 11) is 0. The Morgan fingerprint density at radius 2 is 1.88 bits per heavy atom. The Balaban J connectivity index is 2.32. The fourth-order valence-corrected chi connectivity index (χ4v) is 2.13. The molecule has 0 atom stereocenters. The summed E-state index contributed by atoms with van der Waals surface area (Å²) in [5.74, 6) is -1.04. The lowest BCUT2D eigenvalue weighted by Gasteiger charge is -2.17. The van der Waals surface area contributed by atoms with Gasteiger partial charge in [0.15, 0.2) is 0 Å². The van der Waals surface area contributed by atoms with E-state index >= 15 is 0 Å². The minimum absolute atomic E-state index is 0.0272. The molecule has 17 heavy (non-hydrogen) atoms. The number of likely N-dealkylation sites (tertiary alicyclic amines) is 1. The van der Waals surface area contributed by atoms with Crippen LogP contribution in [0.2, 0.25) is 0 Å². The number of hydrogen-bond donors (Lipinski definition) is 1. The van der Waals surface area contributed by atoms with Gasteiger partial charge in [0.25, 0.3) is 0 Å². The molecule has 0 spiro atoms. The third-order valence-corrected chi connectivity index (χ3v) is 3.01. The van der Waals surface area contributed by atoms with E-state index in [9.17, 15) is 8.78 Å². The van der Waals surface area contributed by atoms with Crippen molar-refractivity contribution in [1.29, 1.82) is 0 Å². The fraction of sp³-hybridized carbons (Fsp3) is 0.417. The third-order valence-electron chi connectivity index (χ3n) is 3.01. The minimum Gasteiger partial charge on any atom is -0.411 e. The molecular weight excluding hydrogens is 226 g/mol. The molecule has 1 aromatic carbocycles. The summed E-state index contributed by atoms with van der Waals surface area (Å²) in [6.07, 6.45) is 3.12. The van der Waals surface area contributed by atoms with Crippen LogP contribution in [0.5, 0.6) is 0 Å². The summed E-state index contributed by atoms with van der Waals surface area (Å²) in [4.78, 5) is 2.06. The first kappa shape index (κ1) is 12.0. The molecule has 0 aliphatic carbocycles. The standard InChI is InChI=1S/C12H14F2N2O/c13-11-3-4-12(14)10(9(11)7-15-17)8-16-5-1-2-6-16/h3-4,7,17H,1-2,5-6,8H2. The molecule has 0 bridgehead atoms. The number of hydrogen-bond acceptors (Lipinski definition) is 3. The predicted octanol–water partition coefficient (Wildman–Crippen LogP) is 2.37. The van der Waals surface area contributed by atoms with E-state index in [0.29, 0.717) is 6.54 Å². The number of halogens is 2. The van der Waals surface area contributed by atoms with E-state index in [2.05, 4.69) is 10.1 Å². The lowest BCUT2D eigenvalue weighted by atomic mass is 10.1. The second-order valence-electron chi connectivity index (χ2n) is 4.15. The van der Waals surface area contributed by atoms with Crippen molar-refractivity contribution in [3.05, 3.63) is 34.9 Å². The predicted molar refractivity (Wildman–Crippen MR) is 60.2 cm³/mol. The summed E-state index contributed by atoms with van der Waals surface area (Å²) in [6.45, 7) is 2.14. The number of oxime groups is 1. The number of benzene rings is 1. The van der Waals surface area contributed by atoms with Crippen molar-refractivity contribution < 1.29 is 14.0 Å². The average Bonchev–Trinajstić information content (AvgIpc) is 2.81. The zero-order valence-corrected chi connectivity index (χ0v) is 9.37. The highest BCUT2D eigenvalue weighted by Crippen LogP contribution is 2.20. The lowest BCUT2D eigenvalue weighted by Crippen LogP contribution is -2.20. The van der Waals surface area contributed by atoms with Crippen molar-refractivity contribution in [2.24, 2.45) is 5.16 Å². The van der Waals surface area contributed by atoms with E-state index in [1.165, 1.54) is 0 Å². The first-order valence-corrected chi connectivity index (χ1v) is 5.59. The van der Waals surface area contributed by atoms with E-state index in [1.54, 1.807) is 0 Å². The molecule has 1 aliphatic rings. The zero-order valence-electron chi connectivity index (χ0n) is 9.37. The van der Waals surface area contributed by atoms with Crippen LogP contribution in [-0.4, -0.2) is 29.4 Å². The quantitative estimate of drug-likeness (QED) is 0.500. The highest BCUT2D eigenvalue weighted by Gasteiger charge is 2.18. The smallest absolute Gasteiger partial charge is 0.132 e. The van der Waals surface area contributed by atoms with E-state index in [4.69, 9.17) is 5.21 Å². The number of nitrogens with zero attached hydrogens (tertiary/aromatic N) is 2. The third kappa shape index (κ3) is 2.61. The summed E-state index contributed by atoms with van der Waals surface area (Å²) in [5.41, 5.74) is 0.282. The van der Waals surface area contributed by atoms with Crippen LogP contribution in [0, 0.1) is 11.6 Å². The van der Waals surface area contributed by atoms with Crippen molar-refractivity contribution >= 4 is 6.21 Å². The topological polar surface area (TPSA) is 35.8 Å². The van der Waals surface area contributed by atoms with Crippen LogP contribution in [0.15, 0.2) is 17.3 Å². The van der Waals surface area contributed by atoms with Gasteiger partial charge in [-0.15, -0.1) is 0 Å². The van der Waals surface area contributed by atoms with Gasteiger partial charge in [0.2, 0.25) is 0 Å². The molecule has 0 amide bonds. The summed E-state index contributed by atoms with van der Waals surface area (Å²) in [6, 6.07) is 2.15. The molecule has 2 rings (SSSR count).